The van der Waals surface area contributed by atoms with Crippen LogP contribution in [0.5, 0.6) is 0 Å². The van der Waals surface area contributed by atoms with Gasteiger partial charge in [0.15, 0.2) is 0 Å². The van der Waals surface area contributed by atoms with Gasteiger partial charge >= 0.3 is 0 Å². The Morgan fingerprint density at radius 1 is 1.31 bits per heavy atom. The van der Waals surface area contributed by atoms with Crippen molar-refractivity contribution in [2.45, 2.75) is 5.88 Å². The van der Waals surface area contributed by atoms with Gasteiger partial charge in [-0.3, -0.25) is 10.1 Å². The van der Waals surface area contributed by atoms with E-state index < -0.39 is 4.92 Å². The van der Waals surface area contributed by atoms with Crippen LogP contribution in [0.25, 0.3) is 11.5 Å². The van der Waals surface area contributed by atoms with E-state index in [-0.39, 0.29) is 11.6 Å². The molecule has 0 aliphatic carbocycles. The first-order chi connectivity index (χ1) is 7.70. The summed E-state index contributed by atoms with van der Waals surface area (Å²) < 4.78 is 5.20. The number of nitrogens with zero attached hydrogens (tertiary/aromatic N) is 3. The van der Waals surface area contributed by atoms with Gasteiger partial charge in [-0.2, -0.15) is 0 Å². The van der Waals surface area contributed by atoms with Crippen molar-refractivity contribution >= 4 is 17.3 Å². The maximum Gasteiger partial charge on any atom is 0.269 e. The molecule has 1 aromatic carbocycles. The summed E-state index contributed by atoms with van der Waals surface area (Å²) in [5.41, 5.74) is 0.635. The third kappa shape index (κ3) is 2.01. The molecule has 0 unspecified atom stereocenters. The van der Waals surface area contributed by atoms with Gasteiger partial charge in [0, 0.05) is 17.7 Å². The van der Waals surface area contributed by atoms with Crippen LogP contribution in [-0.4, -0.2) is 15.1 Å². The molecule has 0 N–H and O–H groups in total. The fourth-order valence-corrected chi connectivity index (χ4v) is 1.26. The lowest BCUT2D eigenvalue weighted by atomic mass is 10.2. The quantitative estimate of drug-likeness (QED) is 0.467. The van der Waals surface area contributed by atoms with Crippen molar-refractivity contribution < 1.29 is 9.34 Å². The van der Waals surface area contributed by atoms with Crippen LogP contribution in [0.1, 0.15) is 5.89 Å². The van der Waals surface area contributed by atoms with Gasteiger partial charge in [0.05, 0.1) is 4.92 Å². The number of aromatic nitrogens is 2. The van der Waals surface area contributed by atoms with Crippen LogP contribution in [0.4, 0.5) is 5.69 Å². The highest BCUT2D eigenvalue weighted by Crippen LogP contribution is 2.21. The van der Waals surface area contributed by atoms with Gasteiger partial charge in [0.25, 0.3) is 5.69 Å². The van der Waals surface area contributed by atoms with Gasteiger partial charge < -0.3 is 4.42 Å². The third-order valence-corrected chi connectivity index (χ3v) is 2.13. The molecule has 0 fully saturated rings. The van der Waals surface area contributed by atoms with E-state index in [0.717, 1.165) is 0 Å². The number of alkyl halides is 1. The van der Waals surface area contributed by atoms with Gasteiger partial charge in [-0.25, -0.2) is 0 Å². The number of rotatable bonds is 3. The minimum atomic E-state index is -0.470. The van der Waals surface area contributed by atoms with E-state index in [9.17, 15) is 10.1 Å². The molecule has 0 spiro atoms. The van der Waals surface area contributed by atoms with E-state index in [1.54, 1.807) is 12.1 Å². The number of non-ortho nitro benzene ring substituents is 1. The summed E-state index contributed by atoms with van der Waals surface area (Å²) in [6.07, 6.45) is 0. The van der Waals surface area contributed by atoms with E-state index in [4.69, 9.17) is 16.0 Å². The standard InChI is InChI=1S/C9H6ClN3O3/c10-5-8-11-12-9(16-8)6-1-3-7(4-2-6)13(14)15/h1-4H,5H2. The predicted molar refractivity (Wildman–Crippen MR) is 55.9 cm³/mol. The average Bonchev–Trinajstić information content (AvgIpc) is 2.77. The Kier molecular flexibility index (Phi) is 2.82. The number of nitro groups is 1. The Labute approximate surface area is 95.0 Å². The molecule has 1 heterocycles. The number of halogens is 1. The molecule has 0 aliphatic heterocycles. The Hall–Kier alpha value is -1.95. The lowest BCUT2D eigenvalue weighted by Crippen LogP contribution is -1.87. The highest BCUT2D eigenvalue weighted by Gasteiger charge is 2.10. The summed E-state index contributed by atoms with van der Waals surface area (Å²) in [4.78, 5) is 9.97. The normalized spacial score (nSPS) is 10.3. The SMILES string of the molecule is O=[N+]([O-])c1ccc(-c2nnc(CCl)o2)cc1. The summed E-state index contributed by atoms with van der Waals surface area (Å²) in [7, 11) is 0. The topological polar surface area (TPSA) is 82.1 Å². The van der Waals surface area contributed by atoms with Crippen LogP contribution < -0.4 is 0 Å². The molecule has 0 atom stereocenters. The van der Waals surface area contributed by atoms with E-state index in [1.165, 1.54) is 12.1 Å². The Morgan fingerprint density at radius 2 is 2.00 bits per heavy atom. The summed E-state index contributed by atoms with van der Waals surface area (Å²) >= 11 is 5.51. The van der Waals surface area contributed by atoms with Crippen LogP contribution in [0.3, 0.4) is 0 Å². The Morgan fingerprint density at radius 3 is 2.50 bits per heavy atom. The van der Waals surface area contributed by atoms with Crippen molar-refractivity contribution in [3.63, 3.8) is 0 Å². The lowest BCUT2D eigenvalue weighted by molar-refractivity contribution is -0.384. The van der Waals surface area contributed by atoms with Gasteiger partial charge in [-0.15, -0.1) is 21.8 Å². The van der Waals surface area contributed by atoms with Gasteiger partial charge in [-0.05, 0) is 12.1 Å². The third-order valence-electron chi connectivity index (χ3n) is 1.91. The number of benzene rings is 1. The summed E-state index contributed by atoms with van der Waals surface area (Å²) in [5, 5.41) is 17.9. The smallest absolute Gasteiger partial charge is 0.269 e. The predicted octanol–water partition coefficient (Wildman–Crippen LogP) is 2.38. The molecule has 2 aromatic rings. The van der Waals surface area contributed by atoms with Crippen molar-refractivity contribution in [3.05, 3.63) is 40.3 Å². The second-order valence-corrected chi connectivity index (χ2v) is 3.21. The Bertz CT molecular complexity index is 509. The summed E-state index contributed by atoms with van der Waals surface area (Å²) in [6.45, 7) is 0. The molecule has 2 rings (SSSR count). The monoisotopic (exact) mass is 239 g/mol. The lowest BCUT2D eigenvalue weighted by Gasteiger charge is -1.93. The zero-order chi connectivity index (χ0) is 11.5. The summed E-state index contributed by atoms with van der Waals surface area (Å²) in [5.74, 6) is 0.751. The van der Waals surface area contributed by atoms with Crippen LogP contribution in [0.15, 0.2) is 28.7 Å². The van der Waals surface area contributed by atoms with Crippen LogP contribution in [0.2, 0.25) is 0 Å². The van der Waals surface area contributed by atoms with Crippen LogP contribution >= 0.6 is 11.6 Å². The van der Waals surface area contributed by atoms with Gasteiger partial charge in [0.1, 0.15) is 5.88 Å². The molecule has 7 heteroatoms. The molecular weight excluding hydrogens is 234 g/mol. The van der Waals surface area contributed by atoms with Crippen LogP contribution in [0, 0.1) is 10.1 Å². The van der Waals surface area contributed by atoms with Gasteiger partial charge in [0.2, 0.25) is 11.8 Å². The fraction of sp³-hybridized carbons (Fsp3) is 0.111. The maximum atomic E-state index is 10.4. The van der Waals surface area contributed by atoms with Gasteiger partial charge in [-0.1, -0.05) is 0 Å². The first kappa shape index (κ1) is 10.6. The highest BCUT2D eigenvalue weighted by atomic mass is 35.5. The second kappa shape index (κ2) is 4.28. The minimum Gasteiger partial charge on any atom is -0.419 e. The number of hydrogen-bond acceptors (Lipinski definition) is 5. The molecule has 0 amide bonds. The van der Waals surface area contributed by atoms with Crippen molar-refractivity contribution in [3.8, 4) is 11.5 Å². The molecule has 0 radical (unpaired) electrons. The minimum absolute atomic E-state index is 0.0147. The molecule has 0 saturated heterocycles. The molecule has 0 saturated carbocycles. The Balaban J connectivity index is 2.30. The zero-order valence-electron chi connectivity index (χ0n) is 7.96. The molecule has 6 nitrogen and oxygen atoms in total. The van der Waals surface area contributed by atoms with Crippen molar-refractivity contribution in [1.82, 2.24) is 10.2 Å². The van der Waals surface area contributed by atoms with E-state index in [0.29, 0.717) is 17.3 Å². The molecule has 82 valence electrons. The molecular formula is C9H6ClN3O3. The molecule has 16 heavy (non-hydrogen) atoms. The van der Waals surface area contributed by atoms with Crippen molar-refractivity contribution in [2.75, 3.05) is 0 Å². The second-order valence-electron chi connectivity index (χ2n) is 2.94. The van der Waals surface area contributed by atoms with E-state index in [2.05, 4.69) is 10.2 Å². The van der Waals surface area contributed by atoms with Crippen LogP contribution in [-0.2, 0) is 5.88 Å². The number of nitro benzene ring substituents is 1. The largest absolute Gasteiger partial charge is 0.419 e. The first-order valence-electron chi connectivity index (χ1n) is 4.34. The molecule has 0 bridgehead atoms. The highest BCUT2D eigenvalue weighted by molar-refractivity contribution is 6.16. The average molecular weight is 240 g/mol. The van der Waals surface area contributed by atoms with Crippen molar-refractivity contribution in [2.24, 2.45) is 0 Å². The fourth-order valence-electron chi connectivity index (χ4n) is 1.15. The van der Waals surface area contributed by atoms with Crippen molar-refractivity contribution in [1.29, 1.82) is 0 Å². The van der Waals surface area contributed by atoms with E-state index >= 15 is 0 Å². The summed E-state index contributed by atoms with van der Waals surface area (Å²) in [6, 6.07) is 5.84. The van der Waals surface area contributed by atoms with E-state index in [1.807, 2.05) is 0 Å². The molecule has 0 aliphatic rings. The first-order valence-corrected chi connectivity index (χ1v) is 4.87. The zero-order valence-corrected chi connectivity index (χ0v) is 8.72. The number of hydrogen-bond donors (Lipinski definition) is 0. The maximum absolute atomic E-state index is 10.4. The molecule has 1 aromatic heterocycles.